The third-order valence-corrected chi connectivity index (χ3v) is 4.27. The zero-order chi connectivity index (χ0) is 18.0. The number of hydrazone groups is 1. The number of ether oxygens (including phenoxy) is 2. The highest BCUT2D eigenvalue weighted by atomic mass is 16.5. The molecule has 2 N–H and O–H groups in total. The van der Waals surface area contributed by atoms with Gasteiger partial charge in [-0.25, -0.2) is 5.01 Å². The third kappa shape index (κ3) is 3.28. The second-order valence-corrected chi connectivity index (χ2v) is 5.87. The molecule has 2 aromatic rings. The molecular formula is C19H21N3O3. The van der Waals surface area contributed by atoms with Crippen LogP contribution in [0.4, 0.5) is 5.69 Å². The average Bonchev–Trinajstić information content (AvgIpc) is 3.07. The summed E-state index contributed by atoms with van der Waals surface area (Å²) in [4.78, 5) is 12.1. The molecule has 1 aliphatic heterocycles. The van der Waals surface area contributed by atoms with Gasteiger partial charge < -0.3 is 15.2 Å². The minimum atomic E-state index is -0.176. The lowest BCUT2D eigenvalue weighted by molar-refractivity contribution is -0.130. The Morgan fingerprint density at radius 3 is 2.40 bits per heavy atom. The predicted molar refractivity (Wildman–Crippen MR) is 96.8 cm³/mol. The second kappa shape index (κ2) is 6.84. The molecule has 1 aliphatic rings. The first kappa shape index (κ1) is 16.8. The van der Waals surface area contributed by atoms with Gasteiger partial charge >= 0.3 is 0 Å². The molecule has 0 spiro atoms. The lowest BCUT2D eigenvalue weighted by atomic mass is 9.98. The predicted octanol–water partition coefficient (Wildman–Crippen LogP) is 2.98. The Morgan fingerprint density at radius 2 is 1.80 bits per heavy atom. The Bertz CT molecular complexity index is 815. The molecule has 1 atom stereocenters. The number of rotatable bonds is 4. The van der Waals surface area contributed by atoms with Gasteiger partial charge in [-0.1, -0.05) is 18.2 Å². The fourth-order valence-corrected chi connectivity index (χ4v) is 2.97. The summed E-state index contributed by atoms with van der Waals surface area (Å²) in [6.45, 7) is 1.52. The van der Waals surface area contributed by atoms with Crippen molar-refractivity contribution in [1.82, 2.24) is 5.01 Å². The Morgan fingerprint density at radius 1 is 1.12 bits per heavy atom. The van der Waals surface area contributed by atoms with E-state index in [0.717, 1.165) is 16.8 Å². The van der Waals surface area contributed by atoms with Crippen LogP contribution < -0.4 is 15.2 Å². The molecular weight excluding hydrogens is 318 g/mol. The number of hydrogen-bond donors (Lipinski definition) is 1. The van der Waals surface area contributed by atoms with Crippen molar-refractivity contribution in [3.05, 3.63) is 53.6 Å². The molecule has 1 heterocycles. The van der Waals surface area contributed by atoms with Crippen molar-refractivity contribution in [2.24, 2.45) is 5.10 Å². The van der Waals surface area contributed by atoms with Gasteiger partial charge in [0.25, 0.3) is 0 Å². The minimum absolute atomic E-state index is 0.106. The van der Waals surface area contributed by atoms with Crippen molar-refractivity contribution in [3.8, 4) is 11.5 Å². The first-order valence-corrected chi connectivity index (χ1v) is 7.98. The Hall–Kier alpha value is -3.02. The molecule has 6 heteroatoms. The number of nitrogens with zero attached hydrogens (tertiary/aromatic N) is 2. The van der Waals surface area contributed by atoms with Gasteiger partial charge in [0, 0.05) is 19.0 Å². The Balaban J connectivity index is 1.94. The molecule has 2 aromatic carbocycles. The molecule has 0 bridgehead atoms. The van der Waals surface area contributed by atoms with Crippen LogP contribution in [0.2, 0.25) is 0 Å². The van der Waals surface area contributed by atoms with Crippen LogP contribution in [0.15, 0.2) is 47.6 Å². The van der Waals surface area contributed by atoms with Crippen molar-refractivity contribution >= 4 is 17.3 Å². The summed E-state index contributed by atoms with van der Waals surface area (Å²) in [7, 11) is 3.19. The summed E-state index contributed by atoms with van der Waals surface area (Å²) in [5.41, 5.74) is 9.21. The van der Waals surface area contributed by atoms with E-state index in [1.54, 1.807) is 14.2 Å². The van der Waals surface area contributed by atoms with Crippen LogP contribution in [-0.2, 0) is 4.79 Å². The SMILES string of the molecule is COc1ccc(C2CC(c3ccc(N)cc3)=NN2C(C)=O)cc1OC. The van der Waals surface area contributed by atoms with Gasteiger partial charge in [0.2, 0.25) is 5.91 Å². The summed E-state index contributed by atoms with van der Waals surface area (Å²) in [5.74, 6) is 1.17. The molecule has 6 nitrogen and oxygen atoms in total. The van der Waals surface area contributed by atoms with E-state index in [4.69, 9.17) is 15.2 Å². The fraction of sp³-hybridized carbons (Fsp3) is 0.263. The smallest absolute Gasteiger partial charge is 0.240 e. The maximum Gasteiger partial charge on any atom is 0.240 e. The van der Waals surface area contributed by atoms with Gasteiger partial charge in [0.1, 0.15) is 0 Å². The topological polar surface area (TPSA) is 77.2 Å². The second-order valence-electron chi connectivity index (χ2n) is 5.87. The number of nitrogen functional groups attached to an aromatic ring is 1. The number of benzene rings is 2. The van der Waals surface area contributed by atoms with Crippen LogP contribution >= 0.6 is 0 Å². The van der Waals surface area contributed by atoms with Crippen LogP contribution in [0.5, 0.6) is 11.5 Å². The van der Waals surface area contributed by atoms with E-state index in [1.165, 1.54) is 11.9 Å². The lowest BCUT2D eigenvalue weighted by Gasteiger charge is -2.21. The molecule has 1 unspecified atom stereocenters. The van der Waals surface area contributed by atoms with E-state index in [-0.39, 0.29) is 11.9 Å². The zero-order valence-electron chi connectivity index (χ0n) is 14.5. The lowest BCUT2D eigenvalue weighted by Crippen LogP contribution is -2.24. The van der Waals surface area contributed by atoms with Crippen molar-refractivity contribution in [2.75, 3.05) is 20.0 Å². The molecule has 0 radical (unpaired) electrons. The van der Waals surface area contributed by atoms with Gasteiger partial charge in [-0.3, -0.25) is 4.79 Å². The maximum atomic E-state index is 12.1. The number of amides is 1. The molecule has 3 rings (SSSR count). The first-order valence-electron chi connectivity index (χ1n) is 7.98. The van der Waals surface area contributed by atoms with E-state index >= 15 is 0 Å². The van der Waals surface area contributed by atoms with Crippen LogP contribution in [0.1, 0.15) is 30.5 Å². The average molecular weight is 339 g/mol. The third-order valence-electron chi connectivity index (χ3n) is 4.27. The number of nitrogens with two attached hydrogens (primary N) is 1. The minimum Gasteiger partial charge on any atom is -0.493 e. The van der Waals surface area contributed by atoms with E-state index in [1.807, 2.05) is 42.5 Å². The highest BCUT2D eigenvalue weighted by Crippen LogP contribution is 2.37. The number of methoxy groups -OCH3 is 2. The maximum absolute atomic E-state index is 12.1. The van der Waals surface area contributed by atoms with Crippen LogP contribution in [0.3, 0.4) is 0 Å². The standard InChI is InChI=1S/C19H21N3O3/c1-12(23)22-17(14-6-9-18(24-2)19(10-14)25-3)11-16(21-22)13-4-7-15(20)8-5-13/h4-10,17H,11,20H2,1-3H3. The van der Waals surface area contributed by atoms with Crippen molar-refractivity contribution < 1.29 is 14.3 Å². The largest absolute Gasteiger partial charge is 0.493 e. The summed E-state index contributed by atoms with van der Waals surface area (Å²) < 4.78 is 10.7. The van der Waals surface area contributed by atoms with E-state index in [9.17, 15) is 4.79 Å². The molecule has 25 heavy (non-hydrogen) atoms. The van der Waals surface area contributed by atoms with E-state index in [0.29, 0.717) is 23.6 Å². The summed E-state index contributed by atoms with van der Waals surface area (Å²) in [6, 6.07) is 13.0. The summed E-state index contributed by atoms with van der Waals surface area (Å²) in [6.07, 6.45) is 0.624. The van der Waals surface area contributed by atoms with Crippen LogP contribution in [0, 0.1) is 0 Å². The molecule has 1 amide bonds. The van der Waals surface area contributed by atoms with Gasteiger partial charge in [-0.2, -0.15) is 5.10 Å². The molecule has 0 aromatic heterocycles. The Labute approximate surface area is 146 Å². The summed E-state index contributed by atoms with van der Waals surface area (Å²) in [5, 5.41) is 6.05. The molecule has 0 saturated heterocycles. The highest BCUT2D eigenvalue weighted by Gasteiger charge is 2.31. The number of carbonyl (C=O) groups is 1. The molecule has 130 valence electrons. The molecule has 0 saturated carbocycles. The van der Waals surface area contributed by atoms with E-state index < -0.39 is 0 Å². The summed E-state index contributed by atoms with van der Waals surface area (Å²) >= 11 is 0. The van der Waals surface area contributed by atoms with Crippen LogP contribution in [-0.4, -0.2) is 30.8 Å². The van der Waals surface area contributed by atoms with Crippen molar-refractivity contribution in [2.45, 2.75) is 19.4 Å². The highest BCUT2D eigenvalue weighted by molar-refractivity contribution is 6.03. The molecule has 0 fully saturated rings. The van der Waals surface area contributed by atoms with E-state index in [2.05, 4.69) is 5.10 Å². The number of carbonyl (C=O) groups excluding carboxylic acids is 1. The number of anilines is 1. The van der Waals surface area contributed by atoms with Gasteiger partial charge in [-0.05, 0) is 35.4 Å². The Kier molecular flexibility index (Phi) is 4.61. The normalized spacial score (nSPS) is 16.5. The quantitative estimate of drug-likeness (QED) is 0.869. The van der Waals surface area contributed by atoms with Gasteiger partial charge in [0.05, 0.1) is 26.0 Å². The van der Waals surface area contributed by atoms with Gasteiger partial charge in [0.15, 0.2) is 11.5 Å². The molecule has 0 aliphatic carbocycles. The zero-order valence-corrected chi connectivity index (χ0v) is 14.5. The fourth-order valence-electron chi connectivity index (χ4n) is 2.97. The van der Waals surface area contributed by atoms with Crippen molar-refractivity contribution in [1.29, 1.82) is 0 Å². The van der Waals surface area contributed by atoms with Crippen molar-refractivity contribution in [3.63, 3.8) is 0 Å². The van der Waals surface area contributed by atoms with Crippen LogP contribution in [0.25, 0.3) is 0 Å². The van der Waals surface area contributed by atoms with Gasteiger partial charge in [-0.15, -0.1) is 0 Å². The monoisotopic (exact) mass is 339 g/mol. The first-order chi connectivity index (χ1) is 12.0. The number of hydrogen-bond acceptors (Lipinski definition) is 5.